The van der Waals surface area contributed by atoms with E-state index >= 15 is 0 Å². The molecule has 2 aromatic rings. The Kier molecular flexibility index (Phi) is 8.83. The monoisotopic (exact) mass is 505 g/mol. The van der Waals surface area contributed by atoms with Gasteiger partial charge in [0, 0.05) is 48.2 Å². The number of rotatable bonds is 10. The molecule has 2 heterocycles. The highest BCUT2D eigenvalue weighted by Gasteiger charge is 2.29. The van der Waals surface area contributed by atoms with Gasteiger partial charge in [-0.15, -0.1) is 0 Å². The van der Waals surface area contributed by atoms with Crippen LogP contribution in [0, 0.1) is 5.92 Å². The highest BCUT2D eigenvalue weighted by Crippen LogP contribution is 2.35. The Morgan fingerprint density at radius 1 is 1.11 bits per heavy atom. The van der Waals surface area contributed by atoms with Crippen LogP contribution in [0.5, 0.6) is 0 Å². The van der Waals surface area contributed by atoms with Crippen LogP contribution in [0.25, 0.3) is 16.6 Å². The number of fused-ring (bicyclic) bond motifs is 2. The van der Waals surface area contributed by atoms with Gasteiger partial charge >= 0.3 is 0 Å². The summed E-state index contributed by atoms with van der Waals surface area (Å²) in [5.41, 5.74) is 8.29. The predicted octanol–water partition coefficient (Wildman–Crippen LogP) is 8.42. The van der Waals surface area contributed by atoms with E-state index in [4.69, 9.17) is 16.6 Å². The van der Waals surface area contributed by atoms with Crippen LogP contribution in [0.2, 0.25) is 5.02 Å². The maximum atomic E-state index is 6.83. The van der Waals surface area contributed by atoms with Crippen molar-refractivity contribution in [3.63, 3.8) is 0 Å². The average molecular weight is 506 g/mol. The van der Waals surface area contributed by atoms with Crippen LogP contribution in [0.1, 0.15) is 82.5 Å². The van der Waals surface area contributed by atoms with Crippen LogP contribution in [-0.2, 0) is 12.8 Å². The van der Waals surface area contributed by atoms with E-state index in [1.165, 1.54) is 48.2 Å². The number of aromatic nitrogens is 1. The number of unbranched alkanes of at least 4 members (excludes halogenated alkanes) is 1. The van der Waals surface area contributed by atoms with Crippen molar-refractivity contribution < 1.29 is 0 Å². The molecule has 1 aromatic heterocycles. The molecule has 4 rings (SSSR count). The van der Waals surface area contributed by atoms with Crippen molar-refractivity contribution in [2.75, 3.05) is 19.6 Å². The van der Waals surface area contributed by atoms with Crippen molar-refractivity contribution in [2.24, 2.45) is 5.92 Å². The van der Waals surface area contributed by atoms with Crippen LogP contribution >= 0.6 is 11.6 Å². The summed E-state index contributed by atoms with van der Waals surface area (Å²) in [6.07, 6.45) is 10.1. The van der Waals surface area contributed by atoms with Gasteiger partial charge in [0.25, 0.3) is 0 Å². The number of hydrogen-bond acceptors (Lipinski definition) is 3. The van der Waals surface area contributed by atoms with E-state index in [0.29, 0.717) is 12.0 Å². The van der Waals surface area contributed by atoms with Gasteiger partial charge in [-0.25, -0.2) is 0 Å². The van der Waals surface area contributed by atoms with Gasteiger partial charge in [-0.1, -0.05) is 76.2 Å². The number of piperazine rings is 1. The van der Waals surface area contributed by atoms with E-state index in [2.05, 4.69) is 68.5 Å². The standard InChI is InChI=1S/C32H44ClN3/c1-7-8-11-24(5)36-19-18-35(21-27(36)16-14-23(4)22(2)3)25(6)26-15-17-29-31(20-26)34-30-13-10-9-12-28(30)32(29)33/h15,17,20,22,27H,4-14,16,18-19,21H2,1-3H3. The fourth-order valence-electron chi connectivity index (χ4n) is 5.66. The molecular formula is C32H44ClN3. The Balaban J connectivity index is 1.54. The minimum atomic E-state index is 0.426. The molecule has 4 heteroatoms. The number of allylic oxidation sites excluding steroid dienone is 2. The van der Waals surface area contributed by atoms with Gasteiger partial charge in [0.2, 0.25) is 0 Å². The van der Waals surface area contributed by atoms with Crippen molar-refractivity contribution >= 4 is 28.2 Å². The largest absolute Gasteiger partial charge is 0.369 e. The third kappa shape index (κ3) is 5.83. The first-order valence-electron chi connectivity index (χ1n) is 14.0. The zero-order valence-corrected chi connectivity index (χ0v) is 23.5. The lowest BCUT2D eigenvalue weighted by Gasteiger charge is -2.45. The summed E-state index contributed by atoms with van der Waals surface area (Å²) < 4.78 is 0. The molecule has 0 radical (unpaired) electrons. The van der Waals surface area contributed by atoms with E-state index in [-0.39, 0.29) is 0 Å². The highest BCUT2D eigenvalue weighted by molar-refractivity contribution is 6.36. The summed E-state index contributed by atoms with van der Waals surface area (Å²) in [7, 11) is 0. The second-order valence-electron chi connectivity index (χ2n) is 11.1. The van der Waals surface area contributed by atoms with Crippen molar-refractivity contribution in [3.05, 3.63) is 71.0 Å². The Morgan fingerprint density at radius 2 is 1.89 bits per heavy atom. The lowest BCUT2D eigenvalue weighted by Crippen LogP contribution is -2.51. The maximum Gasteiger partial charge on any atom is 0.0727 e. The Hall–Kier alpha value is -2.26. The fourth-order valence-corrected chi connectivity index (χ4v) is 6.02. The second kappa shape index (κ2) is 11.9. The van der Waals surface area contributed by atoms with Crippen molar-refractivity contribution in [1.82, 2.24) is 14.8 Å². The molecule has 0 bridgehead atoms. The van der Waals surface area contributed by atoms with Gasteiger partial charge in [0.15, 0.2) is 0 Å². The lowest BCUT2D eigenvalue weighted by molar-refractivity contribution is 0.131. The molecule has 0 saturated carbocycles. The van der Waals surface area contributed by atoms with Crippen LogP contribution in [0.3, 0.4) is 0 Å². The first-order valence-corrected chi connectivity index (χ1v) is 14.3. The number of aryl methyl sites for hydroxylation is 1. The molecule has 0 N–H and O–H groups in total. The second-order valence-corrected chi connectivity index (χ2v) is 11.4. The van der Waals surface area contributed by atoms with Crippen LogP contribution < -0.4 is 0 Å². The smallest absolute Gasteiger partial charge is 0.0727 e. The summed E-state index contributed by atoms with van der Waals surface area (Å²) in [6.45, 7) is 23.0. The zero-order chi connectivity index (χ0) is 25.8. The highest BCUT2D eigenvalue weighted by atomic mass is 35.5. The molecule has 1 fully saturated rings. The minimum Gasteiger partial charge on any atom is -0.369 e. The molecule has 2 aliphatic rings. The summed E-state index contributed by atoms with van der Waals surface area (Å²) in [6, 6.07) is 6.94. The van der Waals surface area contributed by atoms with E-state index in [9.17, 15) is 0 Å². The summed E-state index contributed by atoms with van der Waals surface area (Å²) >= 11 is 6.83. The summed E-state index contributed by atoms with van der Waals surface area (Å²) in [5, 5.41) is 1.97. The van der Waals surface area contributed by atoms with Crippen LogP contribution in [0.15, 0.2) is 49.2 Å². The zero-order valence-electron chi connectivity index (χ0n) is 22.7. The number of halogens is 1. The summed E-state index contributed by atoms with van der Waals surface area (Å²) in [5.74, 6) is 0.527. The molecule has 0 amide bonds. The van der Waals surface area contributed by atoms with Gasteiger partial charge in [0.05, 0.1) is 10.5 Å². The molecule has 36 heavy (non-hydrogen) atoms. The topological polar surface area (TPSA) is 19.4 Å². The van der Waals surface area contributed by atoms with Gasteiger partial charge in [-0.3, -0.25) is 4.98 Å². The Bertz CT molecular complexity index is 1130. The number of benzene rings is 1. The van der Waals surface area contributed by atoms with Crippen molar-refractivity contribution in [1.29, 1.82) is 0 Å². The molecule has 1 atom stereocenters. The maximum absolute atomic E-state index is 6.83. The van der Waals surface area contributed by atoms with E-state index < -0.39 is 0 Å². The third-order valence-corrected chi connectivity index (χ3v) is 8.66. The number of hydrogen-bond donors (Lipinski definition) is 0. The molecule has 0 spiro atoms. The molecule has 194 valence electrons. The van der Waals surface area contributed by atoms with Gasteiger partial charge in [-0.05, 0) is 74.5 Å². The quantitative estimate of drug-likeness (QED) is 0.302. The molecule has 3 nitrogen and oxygen atoms in total. The average Bonchev–Trinajstić information content (AvgIpc) is 2.89. The minimum absolute atomic E-state index is 0.426. The molecular weight excluding hydrogens is 462 g/mol. The number of pyridine rings is 1. The SMILES string of the molecule is C=C(CCC1CN(C(=C)c2ccc3c(Cl)c4c(nc3c2)CCCC4)CCN1C(=C)CCCC)C(C)C. The van der Waals surface area contributed by atoms with Crippen molar-refractivity contribution in [3.8, 4) is 0 Å². The first kappa shape index (κ1) is 26.8. The fraction of sp³-hybridized carbons (Fsp3) is 0.531. The normalized spacial score (nSPS) is 18.0. The van der Waals surface area contributed by atoms with E-state index in [0.717, 1.165) is 78.9 Å². The molecule has 1 aliphatic heterocycles. The van der Waals surface area contributed by atoms with Crippen LogP contribution in [0.4, 0.5) is 0 Å². The molecule has 1 unspecified atom stereocenters. The van der Waals surface area contributed by atoms with Gasteiger partial charge < -0.3 is 9.80 Å². The third-order valence-electron chi connectivity index (χ3n) is 8.23. The van der Waals surface area contributed by atoms with E-state index in [1.54, 1.807) is 0 Å². The van der Waals surface area contributed by atoms with E-state index in [1.807, 2.05) is 0 Å². The lowest BCUT2D eigenvalue weighted by atomic mass is 9.94. The Morgan fingerprint density at radius 3 is 2.64 bits per heavy atom. The Labute approximate surface area is 223 Å². The van der Waals surface area contributed by atoms with Crippen LogP contribution in [-0.4, -0.2) is 40.5 Å². The first-order chi connectivity index (χ1) is 17.3. The molecule has 1 aliphatic carbocycles. The van der Waals surface area contributed by atoms with Crippen molar-refractivity contribution in [2.45, 2.75) is 84.6 Å². The molecule has 1 aromatic carbocycles. The predicted molar refractivity (Wildman–Crippen MR) is 156 cm³/mol. The number of nitrogens with zero attached hydrogens (tertiary/aromatic N) is 3. The van der Waals surface area contributed by atoms with Gasteiger partial charge in [-0.2, -0.15) is 0 Å². The summed E-state index contributed by atoms with van der Waals surface area (Å²) in [4.78, 5) is 10.1. The molecule has 1 saturated heterocycles. The van der Waals surface area contributed by atoms with Gasteiger partial charge in [0.1, 0.15) is 0 Å².